The number of hydrogen-bond donors (Lipinski definition) is 1. The quantitative estimate of drug-likeness (QED) is 0.296. The molecule has 0 unspecified atom stereocenters. The Kier molecular flexibility index (Phi) is 14.0. The maximum atomic E-state index is 11.3. The van der Waals surface area contributed by atoms with Gasteiger partial charge in [0.05, 0.1) is 5.57 Å². The predicted molar refractivity (Wildman–Crippen MR) is 99.7 cm³/mol. The molecule has 0 aromatic carbocycles. The first kappa shape index (κ1) is 22.0. The minimum atomic E-state index is -0.779. The maximum Gasteiger partial charge on any atom is 0.333 e. The molecule has 0 aliphatic carbocycles. The SMILES string of the molecule is CCCCCCCCCCCC/C(=C(/C)C(=O)O)N(CC)CC. The van der Waals surface area contributed by atoms with Gasteiger partial charge < -0.3 is 10.0 Å². The second kappa shape index (κ2) is 14.6. The summed E-state index contributed by atoms with van der Waals surface area (Å²) >= 11 is 0. The first-order valence-electron chi connectivity index (χ1n) is 9.76. The molecule has 0 aromatic heterocycles. The number of carbonyl (C=O) groups is 1. The largest absolute Gasteiger partial charge is 0.478 e. The number of unbranched alkanes of at least 4 members (excludes halogenated alkanes) is 9. The summed E-state index contributed by atoms with van der Waals surface area (Å²) < 4.78 is 0. The molecule has 0 fully saturated rings. The van der Waals surface area contributed by atoms with Crippen LogP contribution in [0.4, 0.5) is 0 Å². The van der Waals surface area contributed by atoms with Crippen molar-refractivity contribution in [1.82, 2.24) is 4.90 Å². The van der Waals surface area contributed by atoms with E-state index in [9.17, 15) is 9.90 Å². The van der Waals surface area contributed by atoms with Crippen molar-refractivity contribution in [3.05, 3.63) is 11.3 Å². The molecule has 0 aromatic rings. The van der Waals surface area contributed by atoms with E-state index in [1.807, 2.05) is 0 Å². The summed E-state index contributed by atoms with van der Waals surface area (Å²) in [6.45, 7) is 9.95. The maximum absolute atomic E-state index is 11.3. The van der Waals surface area contributed by atoms with Crippen molar-refractivity contribution >= 4 is 5.97 Å². The van der Waals surface area contributed by atoms with E-state index in [0.29, 0.717) is 5.57 Å². The van der Waals surface area contributed by atoms with Gasteiger partial charge in [0.2, 0.25) is 0 Å². The van der Waals surface area contributed by atoms with Gasteiger partial charge in [0.25, 0.3) is 0 Å². The van der Waals surface area contributed by atoms with Crippen LogP contribution in [0.2, 0.25) is 0 Å². The summed E-state index contributed by atoms with van der Waals surface area (Å²) in [5, 5.41) is 9.27. The Morgan fingerprint density at radius 1 is 0.783 bits per heavy atom. The summed E-state index contributed by atoms with van der Waals surface area (Å²) in [7, 11) is 0. The zero-order valence-electron chi connectivity index (χ0n) is 16.0. The van der Waals surface area contributed by atoms with Crippen LogP contribution in [0.25, 0.3) is 0 Å². The molecule has 0 amide bonds. The second-order valence-electron chi connectivity index (χ2n) is 6.48. The Morgan fingerprint density at radius 2 is 1.22 bits per heavy atom. The van der Waals surface area contributed by atoms with Crippen LogP contribution in [-0.4, -0.2) is 29.1 Å². The van der Waals surface area contributed by atoms with Gasteiger partial charge in [-0.1, -0.05) is 64.7 Å². The molecular formula is C20H39NO2. The van der Waals surface area contributed by atoms with Gasteiger partial charge in [0.1, 0.15) is 0 Å². The van der Waals surface area contributed by atoms with Gasteiger partial charge in [-0.3, -0.25) is 0 Å². The molecule has 0 saturated carbocycles. The lowest BCUT2D eigenvalue weighted by molar-refractivity contribution is -0.132. The normalized spacial score (nSPS) is 12.2. The molecule has 0 rings (SSSR count). The lowest BCUT2D eigenvalue weighted by atomic mass is 10.0. The number of hydrogen-bond acceptors (Lipinski definition) is 2. The highest BCUT2D eigenvalue weighted by Gasteiger charge is 2.13. The molecule has 23 heavy (non-hydrogen) atoms. The van der Waals surface area contributed by atoms with Crippen molar-refractivity contribution in [2.45, 2.75) is 98.3 Å². The van der Waals surface area contributed by atoms with Gasteiger partial charge in [-0.15, -0.1) is 0 Å². The summed E-state index contributed by atoms with van der Waals surface area (Å²) in [6.07, 6.45) is 14.0. The third kappa shape index (κ3) is 10.4. The summed E-state index contributed by atoms with van der Waals surface area (Å²) in [5.41, 5.74) is 1.55. The average Bonchev–Trinajstić information content (AvgIpc) is 2.55. The van der Waals surface area contributed by atoms with Crippen molar-refractivity contribution < 1.29 is 9.90 Å². The Labute approximate surface area is 144 Å². The molecule has 0 aliphatic rings. The van der Waals surface area contributed by atoms with Gasteiger partial charge in [-0.2, -0.15) is 0 Å². The van der Waals surface area contributed by atoms with Crippen LogP contribution >= 0.6 is 0 Å². The zero-order valence-corrected chi connectivity index (χ0v) is 16.0. The number of allylic oxidation sites excluding steroid dienone is 1. The fourth-order valence-corrected chi connectivity index (χ4v) is 3.09. The van der Waals surface area contributed by atoms with E-state index < -0.39 is 5.97 Å². The average molecular weight is 326 g/mol. The molecule has 3 nitrogen and oxygen atoms in total. The molecule has 0 aliphatic heterocycles. The van der Waals surface area contributed by atoms with Crippen molar-refractivity contribution in [2.75, 3.05) is 13.1 Å². The van der Waals surface area contributed by atoms with E-state index in [1.54, 1.807) is 6.92 Å². The highest BCUT2D eigenvalue weighted by molar-refractivity contribution is 5.86. The number of carboxylic acids is 1. The van der Waals surface area contributed by atoms with E-state index in [4.69, 9.17) is 0 Å². The molecule has 0 spiro atoms. The van der Waals surface area contributed by atoms with Crippen LogP contribution in [0, 0.1) is 0 Å². The molecular weight excluding hydrogens is 286 g/mol. The molecule has 0 atom stereocenters. The van der Waals surface area contributed by atoms with Gasteiger partial charge >= 0.3 is 5.97 Å². The second-order valence-corrected chi connectivity index (χ2v) is 6.48. The monoisotopic (exact) mass is 325 g/mol. The van der Waals surface area contributed by atoms with E-state index >= 15 is 0 Å². The highest BCUT2D eigenvalue weighted by atomic mass is 16.4. The highest BCUT2D eigenvalue weighted by Crippen LogP contribution is 2.19. The molecule has 3 heteroatoms. The minimum absolute atomic E-state index is 0.518. The van der Waals surface area contributed by atoms with E-state index in [0.717, 1.165) is 31.6 Å². The van der Waals surface area contributed by atoms with E-state index in [1.165, 1.54) is 57.8 Å². The van der Waals surface area contributed by atoms with Gasteiger partial charge in [-0.05, 0) is 33.6 Å². The van der Waals surface area contributed by atoms with Crippen LogP contribution in [-0.2, 0) is 4.79 Å². The smallest absolute Gasteiger partial charge is 0.333 e. The third-order valence-corrected chi connectivity index (χ3v) is 4.67. The van der Waals surface area contributed by atoms with Crippen molar-refractivity contribution in [1.29, 1.82) is 0 Å². The third-order valence-electron chi connectivity index (χ3n) is 4.67. The van der Waals surface area contributed by atoms with Gasteiger partial charge in [0.15, 0.2) is 0 Å². The standard InChI is InChI=1S/C20H39NO2/c1-5-8-9-10-11-12-13-14-15-16-17-19(18(4)20(22)23)21(6-2)7-3/h5-17H2,1-4H3,(H,22,23)/b19-18+. The number of rotatable bonds is 15. The fourth-order valence-electron chi connectivity index (χ4n) is 3.09. The number of aliphatic carboxylic acids is 1. The number of nitrogens with zero attached hydrogens (tertiary/aromatic N) is 1. The predicted octanol–water partition coefficient (Wildman–Crippen LogP) is 6.00. The van der Waals surface area contributed by atoms with E-state index in [-0.39, 0.29) is 0 Å². The Bertz CT molecular complexity index is 333. The van der Waals surface area contributed by atoms with Gasteiger partial charge in [0, 0.05) is 18.8 Å². The molecule has 136 valence electrons. The van der Waals surface area contributed by atoms with Crippen molar-refractivity contribution in [3.8, 4) is 0 Å². The topological polar surface area (TPSA) is 40.5 Å². The van der Waals surface area contributed by atoms with Crippen molar-refractivity contribution in [2.24, 2.45) is 0 Å². The van der Waals surface area contributed by atoms with Crippen molar-refractivity contribution in [3.63, 3.8) is 0 Å². The van der Waals surface area contributed by atoms with Crippen LogP contribution in [0.1, 0.15) is 98.3 Å². The molecule has 0 radical (unpaired) electrons. The van der Waals surface area contributed by atoms with Crippen LogP contribution < -0.4 is 0 Å². The lowest BCUT2D eigenvalue weighted by Gasteiger charge is -2.26. The zero-order chi connectivity index (χ0) is 17.5. The molecule has 0 heterocycles. The fraction of sp³-hybridized carbons (Fsp3) is 0.850. The van der Waals surface area contributed by atoms with Crippen LogP contribution in [0.3, 0.4) is 0 Å². The molecule has 0 saturated heterocycles. The van der Waals surface area contributed by atoms with Gasteiger partial charge in [-0.25, -0.2) is 4.79 Å². The summed E-state index contributed by atoms with van der Waals surface area (Å²) in [6, 6.07) is 0. The molecule has 1 N–H and O–H groups in total. The lowest BCUT2D eigenvalue weighted by Crippen LogP contribution is -2.25. The number of carboxylic acid groups (broad SMARTS) is 1. The minimum Gasteiger partial charge on any atom is -0.478 e. The summed E-state index contributed by atoms with van der Waals surface area (Å²) in [5.74, 6) is -0.779. The van der Waals surface area contributed by atoms with Crippen LogP contribution in [0.5, 0.6) is 0 Å². The summed E-state index contributed by atoms with van der Waals surface area (Å²) in [4.78, 5) is 13.5. The Morgan fingerprint density at radius 3 is 1.61 bits per heavy atom. The molecule has 0 bridgehead atoms. The first-order chi connectivity index (χ1) is 11.1. The van der Waals surface area contributed by atoms with Crippen LogP contribution in [0.15, 0.2) is 11.3 Å². The Hall–Kier alpha value is -0.990. The Balaban J connectivity index is 3.97. The first-order valence-corrected chi connectivity index (χ1v) is 9.76. The van der Waals surface area contributed by atoms with E-state index in [2.05, 4.69) is 25.7 Å².